The first-order chi connectivity index (χ1) is 16.4. The third kappa shape index (κ3) is 6.89. The van der Waals surface area contributed by atoms with Crippen molar-refractivity contribution in [2.75, 3.05) is 12.8 Å². The Balaban J connectivity index is 1.76. The minimum absolute atomic E-state index is 0.207. The number of hydrogen-bond donors (Lipinski definition) is 2. The van der Waals surface area contributed by atoms with Crippen LogP contribution in [0.1, 0.15) is 26.5 Å². The number of ether oxygens (including phenoxy) is 2. The maximum absolute atomic E-state index is 15.3. The lowest BCUT2D eigenvalue weighted by atomic mass is 10.1. The fourth-order valence-corrected chi connectivity index (χ4v) is 5.40. The van der Waals surface area contributed by atoms with E-state index in [1.165, 1.54) is 12.1 Å². The van der Waals surface area contributed by atoms with E-state index in [0.29, 0.717) is 0 Å². The zero-order valence-corrected chi connectivity index (χ0v) is 21.3. The molecular formula is C21H25BrFN2O9P. The number of halogens is 2. The Kier molecular flexibility index (Phi) is 8.71. The Bertz CT molecular complexity index is 1190. The molecule has 1 fully saturated rings. The van der Waals surface area contributed by atoms with Gasteiger partial charge in [0.05, 0.1) is 25.3 Å². The number of aliphatic hydroxyl groups is 1. The number of carbonyl (C=O) groups is 1. The average molecular weight is 579 g/mol. The van der Waals surface area contributed by atoms with Crippen LogP contribution in [0, 0.1) is 0 Å². The lowest BCUT2D eigenvalue weighted by Crippen LogP contribution is -2.41. The van der Waals surface area contributed by atoms with Crippen molar-refractivity contribution in [2.45, 2.75) is 49.4 Å². The second kappa shape index (κ2) is 11.2. The van der Waals surface area contributed by atoms with Crippen LogP contribution in [0.4, 0.5) is 4.39 Å². The van der Waals surface area contributed by atoms with Crippen LogP contribution >= 0.6 is 23.5 Å². The van der Waals surface area contributed by atoms with E-state index in [9.17, 15) is 24.1 Å². The molecule has 1 aromatic heterocycles. The van der Waals surface area contributed by atoms with Crippen molar-refractivity contribution in [1.29, 1.82) is 0 Å². The van der Waals surface area contributed by atoms with Crippen molar-refractivity contribution in [2.24, 2.45) is 0 Å². The molecule has 2 N–H and O–H groups in total. The van der Waals surface area contributed by atoms with Crippen LogP contribution in [0.15, 0.2) is 52.2 Å². The van der Waals surface area contributed by atoms with Gasteiger partial charge in [-0.05, 0) is 41.9 Å². The van der Waals surface area contributed by atoms with Gasteiger partial charge in [0.25, 0.3) is 5.56 Å². The Morgan fingerprint density at radius 1 is 1.31 bits per heavy atom. The van der Waals surface area contributed by atoms with E-state index in [0.717, 1.165) is 16.8 Å². The highest BCUT2D eigenvalue weighted by molar-refractivity contribution is 9.10. The molecule has 35 heavy (non-hydrogen) atoms. The number of aromatic amines is 1. The zero-order valence-electron chi connectivity index (χ0n) is 18.8. The molecule has 1 saturated heterocycles. The van der Waals surface area contributed by atoms with Gasteiger partial charge in [0.15, 0.2) is 6.23 Å². The van der Waals surface area contributed by atoms with E-state index < -0.39 is 54.4 Å². The van der Waals surface area contributed by atoms with Gasteiger partial charge >= 0.3 is 19.3 Å². The second-order valence-corrected chi connectivity index (χ2v) is 11.3. The molecule has 0 amide bonds. The summed E-state index contributed by atoms with van der Waals surface area (Å²) in [5, 5.41) is 10.5. The molecule has 3 rings (SSSR count). The van der Waals surface area contributed by atoms with Crippen LogP contribution in [-0.2, 0) is 23.4 Å². The van der Waals surface area contributed by atoms with Gasteiger partial charge < -0.3 is 19.1 Å². The fourth-order valence-electron chi connectivity index (χ4n) is 3.23. The number of aliphatic hydroxyl groups excluding tert-OH is 1. The molecule has 192 valence electrons. The van der Waals surface area contributed by atoms with Crippen LogP contribution < -0.4 is 15.8 Å². The highest BCUT2D eigenvalue weighted by Crippen LogP contribution is 2.51. The Morgan fingerprint density at radius 2 is 2.00 bits per heavy atom. The van der Waals surface area contributed by atoms with Crippen LogP contribution in [-0.4, -0.2) is 56.3 Å². The highest BCUT2D eigenvalue weighted by Gasteiger charge is 2.57. The molecule has 0 radical (unpaired) electrons. The molecule has 0 saturated carbocycles. The monoisotopic (exact) mass is 578 g/mol. The van der Waals surface area contributed by atoms with Gasteiger partial charge in [-0.3, -0.25) is 23.7 Å². The van der Waals surface area contributed by atoms with E-state index in [1.54, 1.807) is 32.0 Å². The number of aromatic nitrogens is 2. The fraction of sp³-hybridized carbons (Fsp3) is 0.476. The standard InChI is InChI=1S/C21H25BrFN2O9P/c1-13(2)32-17(27)9-11-35(30,34-14-6-4-3-5-7-14)31-12-15-18(28)21(22,23)19(33-15)25-10-8-16(26)24-20(25)29/h3-8,10,13,15,18-19,28H,9,11-12H2,1-2H3,(H,24,26,29)/t15-,18-,19-,21-,35?/m1/s1. The number of nitrogens with one attached hydrogen (secondary N) is 1. The molecule has 2 heterocycles. The normalized spacial score (nSPS) is 25.8. The quantitative estimate of drug-likeness (QED) is 0.246. The first kappa shape index (κ1) is 27.3. The summed E-state index contributed by atoms with van der Waals surface area (Å²) < 4.78 is 48.4. The summed E-state index contributed by atoms with van der Waals surface area (Å²) in [6.07, 6.45) is -4.91. The topological polar surface area (TPSA) is 146 Å². The van der Waals surface area contributed by atoms with E-state index >= 15 is 4.39 Å². The largest absolute Gasteiger partial charge is 0.463 e. The van der Waals surface area contributed by atoms with Crippen molar-refractivity contribution in [3.8, 4) is 5.75 Å². The molecule has 1 unspecified atom stereocenters. The van der Waals surface area contributed by atoms with E-state index in [1.807, 2.05) is 4.98 Å². The van der Waals surface area contributed by atoms with Crippen molar-refractivity contribution in [3.05, 3.63) is 63.4 Å². The van der Waals surface area contributed by atoms with Gasteiger partial charge in [0.1, 0.15) is 18.0 Å². The predicted molar refractivity (Wildman–Crippen MR) is 125 cm³/mol. The second-order valence-electron chi connectivity index (χ2n) is 7.99. The van der Waals surface area contributed by atoms with E-state index in [4.69, 9.17) is 18.5 Å². The summed E-state index contributed by atoms with van der Waals surface area (Å²) in [7, 11) is -4.01. The predicted octanol–water partition coefficient (Wildman–Crippen LogP) is 2.49. The summed E-state index contributed by atoms with van der Waals surface area (Å²) in [6.45, 7) is 2.73. The molecule has 1 aromatic carbocycles. The van der Waals surface area contributed by atoms with Crippen LogP contribution in [0.2, 0.25) is 0 Å². The lowest BCUT2D eigenvalue weighted by Gasteiger charge is -2.23. The van der Waals surface area contributed by atoms with Gasteiger partial charge in [-0.25, -0.2) is 13.8 Å². The summed E-state index contributed by atoms with van der Waals surface area (Å²) in [5.74, 6) is -0.405. The van der Waals surface area contributed by atoms with Crippen LogP contribution in [0.25, 0.3) is 0 Å². The van der Waals surface area contributed by atoms with Crippen molar-refractivity contribution in [3.63, 3.8) is 0 Å². The van der Waals surface area contributed by atoms with Crippen molar-refractivity contribution in [1.82, 2.24) is 9.55 Å². The molecular weight excluding hydrogens is 554 g/mol. The molecule has 2 aromatic rings. The molecule has 14 heteroatoms. The maximum atomic E-state index is 15.3. The number of esters is 1. The van der Waals surface area contributed by atoms with Gasteiger partial charge in [0, 0.05) is 12.3 Å². The summed E-state index contributed by atoms with van der Waals surface area (Å²) in [6, 6.07) is 9.07. The van der Waals surface area contributed by atoms with Crippen LogP contribution in [0.5, 0.6) is 5.75 Å². The van der Waals surface area contributed by atoms with Gasteiger partial charge in [-0.15, -0.1) is 0 Å². The smallest absolute Gasteiger partial charge is 0.379 e. The van der Waals surface area contributed by atoms with Crippen LogP contribution in [0.3, 0.4) is 0 Å². The molecule has 1 aliphatic rings. The molecule has 11 nitrogen and oxygen atoms in total. The number of hydrogen-bond acceptors (Lipinski definition) is 9. The van der Waals surface area contributed by atoms with Gasteiger partial charge in [-0.1, -0.05) is 18.2 Å². The number of benzene rings is 1. The number of H-pyrrole nitrogens is 1. The molecule has 0 aliphatic carbocycles. The molecule has 0 bridgehead atoms. The van der Waals surface area contributed by atoms with Gasteiger partial charge in [0.2, 0.25) is 4.58 Å². The third-order valence-corrected chi connectivity index (χ3v) is 7.53. The minimum Gasteiger partial charge on any atom is -0.463 e. The van der Waals surface area contributed by atoms with E-state index in [2.05, 4.69) is 15.9 Å². The average Bonchev–Trinajstić information content (AvgIpc) is 3.00. The number of nitrogens with zero attached hydrogens (tertiary/aromatic N) is 1. The third-order valence-electron chi connectivity index (χ3n) is 4.86. The number of rotatable bonds is 10. The van der Waals surface area contributed by atoms with Crippen molar-refractivity contribution >= 4 is 29.5 Å². The Morgan fingerprint density at radius 3 is 2.63 bits per heavy atom. The SMILES string of the molecule is CC(C)OC(=O)CCP(=O)(OC[C@H]1O[C@@H](n2ccc(=O)[nH]c2=O)[C@@](F)(Br)[C@@H]1O)Oc1ccccc1. The van der Waals surface area contributed by atoms with Crippen molar-refractivity contribution < 1.29 is 37.4 Å². The summed E-state index contributed by atoms with van der Waals surface area (Å²) >= 11 is 2.74. The number of para-hydroxylation sites is 1. The molecule has 1 aliphatic heterocycles. The summed E-state index contributed by atoms with van der Waals surface area (Å²) in [4.78, 5) is 37.4. The highest BCUT2D eigenvalue weighted by atomic mass is 79.9. The Hall–Kier alpha value is -2.31. The maximum Gasteiger partial charge on any atom is 0.379 e. The Labute approximate surface area is 207 Å². The van der Waals surface area contributed by atoms with Gasteiger partial charge in [-0.2, -0.15) is 0 Å². The van der Waals surface area contributed by atoms with E-state index in [-0.39, 0.29) is 24.4 Å². The summed E-state index contributed by atoms with van der Waals surface area (Å²) in [5.41, 5.74) is -1.65. The zero-order chi connectivity index (χ0) is 25.8. The number of carbonyl (C=O) groups excluding carboxylic acids is 1. The first-order valence-electron chi connectivity index (χ1n) is 10.6. The lowest BCUT2D eigenvalue weighted by molar-refractivity contribution is -0.146. The number of alkyl halides is 2. The molecule has 5 atom stereocenters. The first-order valence-corrected chi connectivity index (χ1v) is 13.1. The minimum atomic E-state index is -4.01. The molecule has 0 spiro atoms.